The van der Waals surface area contributed by atoms with Gasteiger partial charge in [-0.3, -0.25) is 0 Å². The third-order valence-corrected chi connectivity index (χ3v) is 3.33. The van der Waals surface area contributed by atoms with Crippen LogP contribution in [0.15, 0.2) is 18.2 Å². The van der Waals surface area contributed by atoms with Crippen LogP contribution in [-0.4, -0.2) is 20.1 Å². The Kier molecular flexibility index (Phi) is 5.11. The zero-order chi connectivity index (χ0) is 13.7. The van der Waals surface area contributed by atoms with Crippen molar-refractivity contribution in [2.24, 2.45) is 0 Å². The molecule has 0 bridgehead atoms. The highest BCUT2D eigenvalue weighted by atomic mass is 19.1. The molecule has 1 rings (SSSR count). The van der Waals surface area contributed by atoms with Crippen molar-refractivity contribution in [1.82, 2.24) is 5.32 Å². The van der Waals surface area contributed by atoms with Crippen LogP contribution >= 0.6 is 0 Å². The van der Waals surface area contributed by atoms with Gasteiger partial charge in [-0.2, -0.15) is 5.26 Å². The largest absolute Gasteiger partial charge is 0.368 e. The van der Waals surface area contributed by atoms with E-state index >= 15 is 0 Å². The predicted octanol–water partition coefficient (Wildman–Crippen LogP) is 2.84. The first kappa shape index (κ1) is 14.5. The molecule has 1 aromatic carbocycles. The Morgan fingerprint density at radius 1 is 1.44 bits per heavy atom. The van der Waals surface area contributed by atoms with Gasteiger partial charge in [-0.15, -0.1) is 0 Å². The van der Waals surface area contributed by atoms with E-state index in [0.717, 1.165) is 5.56 Å². The van der Waals surface area contributed by atoms with Crippen molar-refractivity contribution in [3.63, 3.8) is 0 Å². The summed E-state index contributed by atoms with van der Waals surface area (Å²) in [5.41, 5.74) is 1.45. The second-order valence-electron chi connectivity index (χ2n) is 4.54. The molecule has 0 aliphatic carbocycles. The molecule has 0 saturated carbocycles. The van der Waals surface area contributed by atoms with Gasteiger partial charge in [-0.25, -0.2) is 4.39 Å². The van der Waals surface area contributed by atoms with E-state index in [1.807, 2.05) is 34.0 Å². The van der Waals surface area contributed by atoms with Crippen LogP contribution in [0.2, 0.25) is 0 Å². The maximum absolute atomic E-state index is 14.0. The fraction of sp³-hybridized carbons (Fsp3) is 0.500. The van der Waals surface area contributed by atoms with Crippen molar-refractivity contribution >= 4 is 5.69 Å². The van der Waals surface area contributed by atoms with E-state index in [-0.39, 0.29) is 17.9 Å². The third kappa shape index (κ3) is 3.21. The lowest BCUT2D eigenvalue weighted by molar-refractivity contribution is 0.594. The fourth-order valence-electron chi connectivity index (χ4n) is 1.75. The van der Waals surface area contributed by atoms with Crippen LogP contribution in [0.5, 0.6) is 0 Å². The second kappa shape index (κ2) is 6.36. The van der Waals surface area contributed by atoms with Crippen LogP contribution in [0.25, 0.3) is 0 Å². The second-order valence-corrected chi connectivity index (χ2v) is 4.54. The molecule has 0 spiro atoms. The zero-order valence-electron chi connectivity index (χ0n) is 11.4. The van der Waals surface area contributed by atoms with Crippen molar-refractivity contribution in [3.8, 4) is 6.07 Å². The highest BCUT2D eigenvalue weighted by Gasteiger charge is 2.15. The number of nitriles is 1. The standard InChI is InChI=1S/C14H20FN3/c1-10(7-8-16)18(4)14-6-5-12(9-13(14)15)11(2)17-3/h5-6,9-11,17H,7H2,1-4H3. The summed E-state index contributed by atoms with van der Waals surface area (Å²) in [6, 6.07) is 7.45. The van der Waals surface area contributed by atoms with Crippen LogP contribution in [0.1, 0.15) is 31.9 Å². The molecular weight excluding hydrogens is 229 g/mol. The molecule has 0 aromatic heterocycles. The topological polar surface area (TPSA) is 39.1 Å². The molecule has 2 unspecified atom stereocenters. The van der Waals surface area contributed by atoms with Gasteiger partial charge in [0.1, 0.15) is 5.82 Å². The molecule has 1 N–H and O–H groups in total. The van der Waals surface area contributed by atoms with Crippen LogP contribution in [0.4, 0.5) is 10.1 Å². The van der Waals surface area contributed by atoms with Gasteiger partial charge in [-0.1, -0.05) is 6.07 Å². The minimum Gasteiger partial charge on any atom is -0.368 e. The van der Waals surface area contributed by atoms with E-state index in [1.54, 1.807) is 17.0 Å². The number of benzene rings is 1. The monoisotopic (exact) mass is 249 g/mol. The van der Waals surface area contributed by atoms with Gasteiger partial charge < -0.3 is 10.2 Å². The number of anilines is 1. The SMILES string of the molecule is CNC(C)c1ccc(N(C)C(C)CC#N)c(F)c1. The van der Waals surface area contributed by atoms with Gasteiger partial charge in [0, 0.05) is 19.1 Å². The maximum atomic E-state index is 14.0. The first-order chi connectivity index (χ1) is 8.51. The molecule has 0 saturated heterocycles. The normalized spacial score (nSPS) is 13.8. The lowest BCUT2D eigenvalue weighted by atomic mass is 10.1. The van der Waals surface area contributed by atoms with E-state index in [4.69, 9.17) is 5.26 Å². The number of nitrogens with one attached hydrogen (secondary N) is 1. The summed E-state index contributed by atoms with van der Waals surface area (Å²) in [5, 5.41) is 11.7. The lowest BCUT2D eigenvalue weighted by Crippen LogP contribution is -2.29. The summed E-state index contributed by atoms with van der Waals surface area (Å²) in [6.07, 6.45) is 0.380. The molecule has 0 radical (unpaired) electrons. The highest BCUT2D eigenvalue weighted by Crippen LogP contribution is 2.24. The van der Waals surface area contributed by atoms with Crippen molar-refractivity contribution < 1.29 is 4.39 Å². The maximum Gasteiger partial charge on any atom is 0.146 e. The molecule has 98 valence electrons. The van der Waals surface area contributed by atoms with Crippen LogP contribution in [0, 0.1) is 17.1 Å². The number of hydrogen-bond donors (Lipinski definition) is 1. The summed E-state index contributed by atoms with van der Waals surface area (Å²) in [4.78, 5) is 1.80. The number of nitrogens with zero attached hydrogens (tertiary/aromatic N) is 2. The third-order valence-electron chi connectivity index (χ3n) is 3.33. The van der Waals surface area contributed by atoms with Gasteiger partial charge in [0.25, 0.3) is 0 Å². The number of rotatable bonds is 5. The van der Waals surface area contributed by atoms with Gasteiger partial charge in [0.2, 0.25) is 0 Å². The summed E-state index contributed by atoms with van der Waals surface area (Å²) >= 11 is 0. The highest BCUT2D eigenvalue weighted by molar-refractivity contribution is 5.49. The van der Waals surface area contributed by atoms with Crippen molar-refractivity contribution in [3.05, 3.63) is 29.6 Å². The summed E-state index contributed by atoms with van der Waals surface area (Å²) < 4.78 is 14.0. The Balaban J connectivity index is 2.95. The molecule has 0 amide bonds. The average Bonchev–Trinajstić information content (AvgIpc) is 2.37. The molecule has 3 nitrogen and oxygen atoms in total. The molecule has 4 heteroatoms. The Morgan fingerprint density at radius 3 is 2.61 bits per heavy atom. The quantitative estimate of drug-likeness (QED) is 0.872. The number of hydrogen-bond acceptors (Lipinski definition) is 3. The molecule has 0 heterocycles. The average molecular weight is 249 g/mol. The fourth-order valence-corrected chi connectivity index (χ4v) is 1.75. The van der Waals surface area contributed by atoms with Gasteiger partial charge in [0.05, 0.1) is 18.2 Å². The van der Waals surface area contributed by atoms with E-state index in [0.29, 0.717) is 12.1 Å². The molecular formula is C14H20FN3. The van der Waals surface area contributed by atoms with Crippen molar-refractivity contribution in [2.75, 3.05) is 19.0 Å². The predicted molar refractivity (Wildman–Crippen MR) is 72.0 cm³/mol. The van der Waals surface area contributed by atoms with Gasteiger partial charge in [0.15, 0.2) is 0 Å². The lowest BCUT2D eigenvalue weighted by Gasteiger charge is -2.26. The molecule has 0 aliphatic heterocycles. The Labute approximate surface area is 108 Å². The Bertz CT molecular complexity index is 439. The van der Waals surface area contributed by atoms with Crippen LogP contribution in [-0.2, 0) is 0 Å². The van der Waals surface area contributed by atoms with E-state index in [9.17, 15) is 4.39 Å². The zero-order valence-corrected chi connectivity index (χ0v) is 11.4. The summed E-state index contributed by atoms with van der Waals surface area (Å²) in [7, 11) is 3.65. The summed E-state index contributed by atoms with van der Waals surface area (Å²) in [6.45, 7) is 3.89. The van der Waals surface area contributed by atoms with E-state index in [2.05, 4.69) is 11.4 Å². The van der Waals surface area contributed by atoms with Crippen molar-refractivity contribution in [2.45, 2.75) is 32.4 Å². The van der Waals surface area contributed by atoms with Gasteiger partial charge in [-0.05, 0) is 38.6 Å². The molecule has 0 fully saturated rings. The minimum absolute atomic E-state index is 0.00271. The van der Waals surface area contributed by atoms with Crippen molar-refractivity contribution in [1.29, 1.82) is 5.26 Å². The smallest absolute Gasteiger partial charge is 0.146 e. The molecule has 18 heavy (non-hydrogen) atoms. The molecule has 1 aromatic rings. The number of halogens is 1. The molecule has 2 atom stereocenters. The van der Waals surface area contributed by atoms with Crippen LogP contribution in [0.3, 0.4) is 0 Å². The van der Waals surface area contributed by atoms with E-state index in [1.165, 1.54) is 0 Å². The first-order valence-corrected chi connectivity index (χ1v) is 6.07. The van der Waals surface area contributed by atoms with Gasteiger partial charge >= 0.3 is 0 Å². The van der Waals surface area contributed by atoms with E-state index < -0.39 is 0 Å². The molecule has 0 aliphatic rings. The summed E-state index contributed by atoms with van der Waals surface area (Å²) in [5.74, 6) is -0.248. The Hall–Kier alpha value is -1.60. The van der Waals surface area contributed by atoms with Crippen LogP contribution < -0.4 is 10.2 Å². The first-order valence-electron chi connectivity index (χ1n) is 6.07. The Morgan fingerprint density at radius 2 is 2.11 bits per heavy atom. The minimum atomic E-state index is -0.248.